The van der Waals surface area contributed by atoms with Gasteiger partial charge < -0.3 is 9.47 Å². The number of ketones is 1. The van der Waals surface area contributed by atoms with Crippen LogP contribution in [0.1, 0.15) is 47.9 Å². The number of nitrogens with zero attached hydrogens (tertiary/aromatic N) is 6. The fourth-order valence-electron chi connectivity index (χ4n) is 6.17. The number of ether oxygens (including phenoxy) is 2. The van der Waals surface area contributed by atoms with Gasteiger partial charge in [0.05, 0.1) is 48.5 Å². The summed E-state index contributed by atoms with van der Waals surface area (Å²) in [7, 11) is 3.19. The first kappa shape index (κ1) is 35.2. The number of nitro groups is 2. The molecule has 0 spiro atoms. The van der Waals surface area contributed by atoms with Crippen LogP contribution >= 0.6 is 0 Å². The minimum Gasteiger partial charge on any atom is -0.497 e. The van der Waals surface area contributed by atoms with E-state index in [0.717, 1.165) is 11.1 Å². The third-order valence-corrected chi connectivity index (χ3v) is 9.03. The SMILES string of the molecule is COc1ccc(Cn2cc(C(C)C(=O)C(C)c3cn(Cc4ccc(OC)cc4)nc3-c3cccc([N+](=O)[O-])c3)c(-c3cccc([N+](=O)[O-])c3)n2)cc1. The molecule has 6 aromatic rings. The maximum Gasteiger partial charge on any atom is 0.270 e. The number of nitro benzene ring substituents is 2. The Balaban J connectivity index is 1.38. The first-order chi connectivity index (χ1) is 25.0. The van der Waals surface area contributed by atoms with E-state index in [4.69, 9.17) is 19.7 Å². The van der Waals surface area contributed by atoms with Crippen molar-refractivity contribution in [3.05, 3.63) is 152 Å². The average Bonchev–Trinajstić information content (AvgIpc) is 3.79. The summed E-state index contributed by atoms with van der Waals surface area (Å²) in [6, 6.07) is 27.5. The maximum atomic E-state index is 14.5. The summed E-state index contributed by atoms with van der Waals surface area (Å²) in [4.78, 5) is 36.9. The van der Waals surface area contributed by atoms with Gasteiger partial charge in [-0.3, -0.25) is 34.4 Å². The van der Waals surface area contributed by atoms with Crippen molar-refractivity contribution >= 4 is 17.2 Å². The fraction of sp³-hybridized carbons (Fsp3) is 0.205. The van der Waals surface area contributed by atoms with E-state index in [2.05, 4.69) is 0 Å². The van der Waals surface area contributed by atoms with Crippen molar-refractivity contribution in [2.75, 3.05) is 14.2 Å². The number of methoxy groups -OCH3 is 2. The molecule has 0 fully saturated rings. The number of non-ortho nitro benzene ring substituents is 2. The van der Waals surface area contributed by atoms with Crippen LogP contribution in [0.15, 0.2) is 109 Å². The molecule has 2 unspecified atom stereocenters. The topological polar surface area (TPSA) is 157 Å². The molecule has 0 aliphatic rings. The minimum absolute atomic E-state index is 0.0913. The number of Topliss-reactive ketones (excluding diaryl/α,β-unsaturated/α-hetero) is 1. The molecule has 13 heteroatoms. The molecule has 0 saturated carbocycles. The quantitative estimate of drug-likeness (QED) is 0.0816. The first-order valence-electron chi connectivity index (χ1n) is 16.5. The van der Waals surface area contributed by atoms with Crippen molar-refractivity contribution in [1.29, 1.82) is 0 Å². The predicted octanol–water partition coefficient (Wildman–Crippen LogP) is 7.82. The van der Waals surface area contributed by atoms with Crippen LogP contribution in [0.5, 0.6) is 11.5 Å². The number of carbonyl (C=O) groups excluding carboxylic acids is 1. The van der Waals surface area contributed by atoms with Crippen LogP contribution in [-0.2, 0) is 17.9 Å². The Bertz CT molecular complexity index is 2090. The molecule has 6 rings (SSSR count). The Hall–Kier alpha value is -6.63. The monoisotopic (exact) mass is 700 g/mol. The van der Waals surface area contributed by atoms with Gasteiger partial charge in [0.1, 0.15) is 17.3 Å². The van der Waals surface area contributed by atoms with Crippen LogP contribution in [0.2, 0.25) is 0 Å². The molecular weight excluding hydrogens is 664 g/mol. The van der Waals surface area contributed by atoms with Gasteiger partial charge in [-0.15, -0.1) is 0 Å². The van der Waals surface area contributed by atoms with E-state index < -0.39 is 21.7 Å². The molecule has 0 N–H and O–H groups in total. The number of rotatable bonds is 14. The van der Waals surface area contributed by atoms with E-state index >= 15 is 0 Å². The largest absolute Gasteiger partial charge is 0.497 e. The number of hydrogen-bond acceptors (Lipinski definition) is 9. The lowest BCUT2D eigenvalue weighted by molar-refractivity contribution is -0.385. The molecule has 0 amide bonds. The normalized spacial score (nSPS) is 12.2. The van der Waals surface area contributed by atoms with Gasteiger partial charge in [0.2, 0.25) is 0 Å². The zero-order valence-corrected chi connectivity index (χ0v) is 29.0. The summed E-state index contributed by atoms with van der Waals surface area (Å²) in [5.41, 5.74) is 4.85. The molecule has 4 aromatic carbocycles. The average molecular weight is 701 g/mol. The highest BCUT2D eigenvalue weighted by Gasteiger charge is 2.31. The van der Waals surface area contributed by atoms with Crippen LogP contribution in [0, 0.1) is 20.2 Å². The summed E-state index contributed by atoms with van der Waals surface area (Å²) in [5, 5.41) is 33.0. The van der Waals surface area contributed by atoms with Crippen LogP contribution in [0.4, 0.5) is 11.4 Å². The molecule has 264 valence electrons. The standard InChI is InChI=1S/C39H36N6O7/c1-25(35-23-42(21-27-11-15-33(51-3)16-12-27)40-37(35)29-7-5-9-31(19-29)44(47)48)39(46)26(2)36-24-43(22-28-13-17-34(52-4)18-14-28)41-38(36)30-8-6-10-32(20-30)45(49)50/h5-20,23-26H,21-22H2,1-4H3. The fourth-order valence-corrected chi connectivity index (χ4v) is 6.17. The van der Waals surface area contributed by atoms with Crippen molar-refractivity contribution in [2.45, 2.75) is 38.8 Å². The van der Waals surface area contributed by atoms with Gasteiger partial charge in [-0.05, 0) is 35.4 Å². The van der Waals surface area contributed by atoms with Gasteiger partial charge in [-0.2, -0.15) is 10.2 Å². The van der Waals surface area contributed by atoms with Crippen LogP contribution in [-0.4, -0.2) is 49.4 Å². The summed E-state index contributed by atoms with van der Waals surface area (Å²) in [6.07, 6.45) is 3.62. The van der Waals surface area contributed by atoms with Crippen LogP contribution < -0.4 is 9.47 Å². The Morgan fingerprint density at radius 2 is 1.04 bits per heavy atom. The van der Waals surface area contributed by atoms with Gasteiger partial charge >= 0.3 is 0 Å². The first-order valence-corrected chi connectivity index (χ1v) is 16.5. The lowest BCUT2D eigenvalue weighted by atomic mass is 9.84. The molecule has 0 radical (unpaired) electrons. The lowest BCUT2D eigenvalue weighted by Gasteiger charge is -2.17. The summed E-state index contributed by atoms with van der Waals surface area (Å²) in [6.45, 7) is 4.36. The molecule has 0 saturated heterocycles. The molecule has 2 atom stereocenters. The number of benzene rings is 4. The van der Waals surface area contributed by atoms with E-state index in [1.165, 1.54) is 24.3 Å². The van der Waals surface area contributed by atoms with Gasteiger partial charge in [-0.25, -0.2) is 0 Å². The molecule has 0 aliphatic carbocycles. The number of hydrogen-bond donors (Lipinski definition) is 0. The maximum absolute atomic E-state index is 14.5. The zero-order chi connectivity index (χ0) is 36.9. The third-order valence-electron chi connectivity index (χ3n) is 9.03. The smallest absolute Gasteiger partial charge is 0.270 e. The molecule has 2 aromatic heterocycles. The highest BCUT2D eigenvalue weighted by atomic mass is 16.6. The predicted molar refractivity (Wildman–Crippen MR) is 195 cm³/mol. The second kappa shape index (κ2) is 15.1. The highest BCUT2D eigenvalue weighted by Crippen LogP contribution is 2.37. The molecule has 2 heterocycles. The zero-order valence-electron chi connectivity index (χ0n) is 29.0. The molecule has 13 nitrogen and oxygen atoms in total. The van der Waals surface area contributed by atoms with Crippen molar-refractivity contribution in [1.82, 2.24) is 19.6 Å². The Morgan fingerprint density at radius 3 is 1.38 bits per heavy atom. The third kappa shape index (κ3) is 7.58. The Labute approximate surface area is 299 Å². The van der Waals surface area contributed by atoms with Gasteiger partial charge in [0.25, 0.3) is 11.4 Å². The van der Waals surface area contributed by atoms with E-state index in [1.54, 1.807) is 61.7 Å². The summed E-state index contributed by atoms with van der Waals surface area (Å²) >= 11 is 0. The minimum atomic E-state index is -0.697. The van der Waals surface area contributed by atoms with Crippen molar-refractivity contribution in [3.8, 4) is 34.0 Å². The summed E-state index contributed by atoms with van der Waals surface area (Å²) in [5.74, 6) is -0.112. The lowest BCUT2D eigenvalue weighted by Crippen LogP contribution is -2.17. The van der Waals surface area contributed by atoms with Gasteiger partial charge in [0, 0.05) is 70.7 Å². The van der Waals surface area contributed by atoms with Crippen molar-refractivity contribution in [2.24, 2.45) is 0 Å². The molecule has 0 bridgehead atoms. The van der Waals surface area contributed by atoms with Crippen LogP contribution in [0.3, 0.4) is 0 Å². The Morgan fingerprint density at radius 1 is 0.654 bits per heavy atom. The second-order valence-electron chi connectivity index (χ2n) is 12.4. The van der Waals surface area contributed by atoms with Gasteiger partial charge in [0.15, 0.2) is 0 Å². The van der Waals surface area contributed by atoms with E-state index in [0.29, 0.717) is 58.2 Å². The van der Waals surface area contributed by atoms with Crippen LogP contribution in [0.25, 0.3) is 22.5 Å². The Kier molecular flexibility index (Phi) is 10.2. The van der Waals surface area contributed by atoms with Crippen molar-refractivity contribution in [3.63, 3.8) is 0 Å². The number of carbonyl (C=O) groups is 1. The van der Waals surface area contributed by atoms with Gasteiger partial charge in [-0.1, -0.05) is 62.4 Å². The van der Waals surface area contributed by atoms with Crippen molar-refractivity contribution < 1.29 is 24.1 Å². The van der Waals surface area contributed by atoms with E-state index in [9.17, 15) is 25.0 Å². The molecular formula is C39H36N6O7. The van der Waals surface area contributed by atoms with E-state index in [-0.39, 0.29) is 17.2 Å². The molecule has 52 heavy (non-hydrogen) atoms. The number of aromatic nitrogens is 4. The molecule has 0 aliphatic heterocycles. The second-order valence-corrected chi connectivity index (χ2v) is 12.4. The summed E-state index contributed by atoms with van der Waals surface area (Å²) < 4.78 is 14.0. The highest BCUT2D eigenvalue weighted by molar-refractivity contribution is 5.94. The van der Waals surface area contributed by atoms with E-state index in [1.807, 2.05) is 60.9 Å².